The Bertz CT molecular complexity index is 732. The molecule has 3 aliphatic rings. The van der Waals surface area contributed by atoms with E-state index in [2.05, 4.69) is 0 Å². The number of carboxylic acid groups (broad SMARTS) is 1. The summed E-state index contributed by atoms with van der Waals surface area (Å²) in [6, 6.07) is 0. The predicted molar refractivity (Wildman–Crippen MR) is 99.6 cm³/mol. The summed E-state index contributed by atoms with van der Waals surface area (Å²) < 4.78 is 10.2. The summed E-state index contributed by atoms with van der Waals surface area (Å²) in [4.78, 5) is 26.2. The first kappa shape index (κ1) is 25.4. The Morgan fingerprint density at radius 1 is 0.688 bits per heavy atom. The fourth-order valence-corrected chi connectivity index (χ4v) is 5.03. The van der Waals surface area contributed by atoms with Crippen molar-refractivity contribution < 1.29 is 65.0 Å². The highest BCUT2D eigenvalue weighted by molar-refractivity contribution is 6.12. The number of carbonyl (C=O) groups is 2. The maximum Gasteiger partial charge on any atom is 0.346 e. The zero-order chi connectivity index (χ0) is 24.1. The molecule has 3 rings (SSSR count). The molecule has 13 nitrogen and oxygen atoms in total. The van der Waals surface area contributed by atoms with Gasteiger partial charge >= 0.3 is 5.97 Å². The summed E-state index contributed by atoms with van der Waals surface area (Å²) in [5.41, 5.74) is -8.77. The van der Waals surface area contributed by atoms with E-state index in [-0.39, 0.29) is 19.3 Å². The molecule has 0 radical (unpaired) electrons. The first-order chi connectivity index (χ1) is 14.9. The first-order valence-electron chi connectivity index (χ1n) is 10.5. The van der Waals surface area contributed by atoms with Crippen LogP contribution in [0, 0.1) is 0 Å². The van der Waals surface area contributed by atoms with Gasteiger partial charge < -0.3 is 55.4 Å². The van der Waals surface area contributed by atoms with E-state index in [1.165, 1.54) is 0 Å². The molecule has 0 aromatic rings. The van der Waals surface area contributed by atoms with Gasteiger partial charge in [-0.05, 0) is 19.3 Å². The van der Waals surface area contributed by atoms with E-state index < -0.39 is 78.1 Å². The molecule has 0 spiro atoms. The molecular weight excluding hydrogens is 436 g/mol. The summed E-state index contributed by atoms with van der Waals surface area (Å²) in [5, 5.41) is 92.8. The molecule has 0 aromatic heterocycles. The number of ketones is 1. The Labute approximate surface area is 182 Å². The summed E-state index contributed by atoms with van der Waals surface area (Å²) in [6.45, 7) is 0. The number of aliphatic hydroxyl groups excluding tert-OH is 7. The van der Waals surface area contributed by atoms with Crippen LogP contribution in [0.4, 0.5) is 0 Å². The molecule has 2 saturated heterocycles. The van der Waals surface area contributed by atoms with Crippen LogP contribution in [0.25, 0.3) is 0 Å². The number of aliphatic hydroxyl groups is 8. The lowest BCUT2D eigenvalue weighted by Gasteiger charge is -2.57. The largest absolute Gasteiger partial charge is 0.479 e. The molecule has 0 bridgehead atoms. The quantitative estimate of drug-likeness (QED) is 0.181. The third-order valence-corrected chi connectivity index (χ3v) is 6.92. The highest BCUT2D eigenvalue weighted by atomic mass is 16.7. The van der Waals surface area contributed by atoms with Gasteiger partial charge in [-0.2, -0.15) is 0 Å². The van der Waals surface area contributed by atoms with E-state index in [1.807, 2.05) is 0 Å². The Kier molecular flexibility index (Phi) is 7.00. The highest BCUT2D eigenvalue weighted by Crippen LogP contribution is 2.49. The normalized spacial score (nSPS) is 50.4. The van der Waals surface area contributed by atoms with Crippen molar-refractivity contribution in [2.75, 3.05) is 0 Å². The van der Waals surface area contributed by atoms with Crippen molar-refractivity contribution in [2.45, 2.75) is 105 Å². The van der Waals surface area contributed by atoms with Crippen molar-refractivity contribution in [1.29, 1.82) is 0 Å². The molecule has 10 atom stereocenters. The molecular formula is C19H30O13. The molecule has 2 heterocycles. The fraction of sp³-hybridized carbons (Fsp3) is 0.895. The lowest BCUT2D eigenvalue weighted by Crippen LogP contribution is -2.81. The lowest BCUT2D eigenvalue weighted by molar-refractivity contribution is -0.357. The monoisotopic (exact) mass is 466 g/mol. The van der Waals surface area contributed by atoms with E-state index >= 15 is 0 Å². The van der Waals surface area contributed by atoms with E-state index in [1.54, 1.807) is 0 Å². The molecule has 184 valence electrons. The lowest BCUT2D eigenvalue weighted by atomic mass is 9.63. The topological polar surface area (TPSA) is 235 Å². The molecule has 0 aromatic carbocycles. The predicted octanol–water partition coefficient (Wildman–Crippen LogP) is -3.91. The highest BCUT2D eigenvalue weighted by Gasteiger charge is 2.74. The van der Waals surface area contributed by atoms with Gasteiger partial charge in [0.15, 0.2) is 18.2 Å². The van der Waals surface area contributed by atoms with Crippen LogP contribution in [0.2, 0.25) is 0 Å². The van der Waals surface area contributed by atoms with Gasteiger partial charge in [-0.1, -0.05) is 25.7 Å². The van der Waals surface area contributed by atoms with Gasteiger partial charge in [-0.3, -0.25) is 4.79 Å². The number of fused-ring (bicyclic) bond motifs is 1. The van der Waals surface area contributed by atoms with Crippen molar-refractivity contribution in [3.63, 3.8) is 0 Å². The molecule has 3 fully saturated rings. The van der Waals surface area contributed by atoms with Crippen LogP contribution in [0.5, 0.6) is 0 Å². The van der Waals surface area contributed by atoms with E-state index in [0.29, 0.717) is 19.3 Å². The molecule has 0 amide bonds. The fourth-order valence-electron chi connectivity index (χ4n) is 5.03. The van der Waals surface area contributed by atoms with Crippen LogP contribution in [0.1, 0.15) is 44.9 Å². The standard InChI is InChI=1S/C19H30O13/c20-8-9(21)13(25)32-19(12(8)24,16(28)29)15(27)18-7-5-3-1-2-4-6-17(18,30)11(23)10(22)14(26)31-18/h8-14,20-26,30H,1-7H2,(H,28,29). The summed E-state index contributed by atoms with van der Waals surface area (Å²) >= 11 is 0. The number of aliphatic carboxylic acids is 1. The van der Waals surface area contributed by atoms with E-state index in [9.17, 15) is 55.5 Å². The zero-order valence-electron chi connectivity index (χ0n) is 17.1. The van der Waals surface area contributed by atoms with Crippen molar-refractivity contribution >= 4 is 11.8 Å². The summed E-state index contributed by atoms with van der Waals surface area (Å²) in [6.07, 6.45) is -14.6. The summed E-state index contributed by atoms with van der Waals surface area (Å²) in [7, 11) is 0. The van der Waals surface area contributed by atoms with E-state index in [0.717, 1.165) is 0 Å². The minimum absolute atomic E-state index is 0.156. The minimum atomic E-state index is -3.44. The average molecular weight is 466 g/mol. The second-order valence-electron chi connectivity index (χ2n) is 8.77. The van der Waals surface area contributed by atoms with Gasteiger partial charge in [-0.15, -0.1) is 0 Å². The molecule has 10 unspecified atom stereocenters. The number of ether oxygens (including phenoxy) is 2. The SMILES string of the molecule is O=C(O)C1(C(=O)C23CCCCCCCC2(O)C(O)C(O)C(O)O3)OC(O)C(O)C(O)C1O. The zero-order valence-corrected chi connectivity index (χ0v) is 17.1. The number of carboxylic acids is 1. The van der Waals surface area contributed by atoms with Gasteiger partial charge in [-0.25, -0.2) is 4.79 Å². The van der Waals surface area contributed by atoms with Gasteiger partial charge in [0.2, 0.25) is 5.78 Å². The van der Waals surface area contributed by atoms with Crippen LogP contribution in [0.15, 0.2) is 0 Å². The summed E-state index contributed by atoms with van der Waals surface area (Å²) in [5.74, 6) is -3.86. The van der Waals surface area contributed by atoms with Crippen molar-refractivity contribution in [3.05, 3.63) is 0 Å². The van der Waals surface area contributed by atoms with Crippen LogP contribution in [-0.4, -0.2) is 118 Å². The smallest absolute Gasteiger partial charge is 0.346 e. The molecule has 13 heteroatoms. The second kappa shape index (κ2) is 8.83. The first-order valence-corrected chi connectivity index (χ1v) is 10.5. The van der Waals surface area contributed by atoms with Gasteiger partial charge in [0.05, 0.1) is 0 Å². The molecule has 1 saturated carbocycles. The second-order valence-corrected chi connectivity index (χ2v) is 8.77. The number of carbonyl (C=O) groups excluding carboxylic acids is 1. The van der Waals surface area contributed by atoms with E-state index in [4.69, 9.17) is 9.47 Å². The molecule has 2 aliphatic heterocycles. The van der Waals surface area contributed by atoms with Gasteiger partial charge in [0.25, 0.3) is 5.60 Å². The molecule has 1 aliphatic carbocycles. The van der Waals surface area contributed by atoms with Crippen molar-refractivity contribution in [1.82, 2.24) is 0 Å². The maximum absolute atomic E-state index is 13.9. The Balaban J connectivity index is 2.22. The van der Waals surface area contributed by atoms with Crippen molar-refractivity contribution in [2.24, 2.45) is 0 Å². The number of Topliss-reactive ketones (excluding diaryl/α,β-unsaturated/α-hetero) is 1. The molecule has 9 N–H and O–H groups in total. The number of rotatable bonds is 3. The van der Waals surface area contributed by atoms with Crippen LogP contribution < -0.4 is 0 Å². The third kappa shape index (κ3) is 3.48. The van der Waals surface area contributed by atoms with Crippen LogP contribution >= 0.6 is 0 Å². The minimum Gasteiger partial charge on any atom is -0.479 e. The molecule has 32 heavy (non-hydrogen) atoms. The number of hydrogen-bond acceptors (Lipinski definition) is 12. The van der Waals surface area contributed by atoms with Crippen LogP contribution in [-0.2, 0) is 19.1 Å². The Morgan fingerprint density at radius 3 is 1.81 bits per heavy atom. The van der Waals surface area contributed by atoms with Crippen molar-refractivity contribution in [3.8, 4) is 0 Å². The van der Waals surface area contributed by atoms with Gasteiger partial charge in [0, 0.05) is 0 Å². The Hall–Kier alpha value is -1.26. The van der Waals surface area contributed by atoms with Crippen LogP contribution in [0.3, 0.4) is 0 Å². The number of hydrogen-bond donors (Lipinski definition) is 9. The third-order valence-electron chi connectivity index (χ3n) is 6.92. The van der Waals surface area contributed by atoms with Gasteiger partial charge in [0.1, 0.15) is 36.1 Å². The Morgan fingerprint density at radius 2 is 1.22 bits per heavy atom. The average Bonchev–Trinajstić information content (AvgIpc) is 2.83. The maximum atomic E-state index is 13.9.